The molecule has 3 amide bonds. The van der Waals surface area contributed by atoms with Gasteiger partial charge in [0.1, 0.15) is 18.5 Å². The summed E-state index contributed by atoms with van der Waals surface area (Å²) in [5, 5.41) is 14.2. The Balaban J connectivity index is 1.68. The lowest BCUT2D eigenvalue weighted by atomic mass is 9.92. The fourth-order valence-corrected chi connectivity index (χ4v) is 3.87. The number of carbonyl (C=O) groups is 3. The van der Waals surface area contributed by atoms with E-state index in [4.69, 9.17) is 15.2 Å². The fraction of sp³-hybridized carbons (Fsp3) is 0.233. The molecule has 0 saturated carbocycles. The predicted octanol–water partition coefficient (Wildman–Crippen LogP) is 4.86. The van der Waals surface area contributed by atoms with Gasteiger partial charge < -0.3 is 25.6 Å². The fourth-order valence-electron chi connectivity index (χ4n) is 3.87. The van der Waals surface area contributed by atoms with Crippen molar-refractivity contribution in [1.29, 1.82) is 0 Å². The van der Waals surface area contributed by atoms with E-state index in [1.165, 1.54) is 6.08 Å². The Hall–Kier alpha value is -4.63. The van der Waals surface area contributed by atoms with Crippen molar-refractivity contribution < 1.29 is 29.0 Å². The van der Waals surface area contributed by atoms with Crippen molar-refractivity contribution in [3.05, 3.63) is 102 Å². The highest BCUT2D eigenvalue weighted by Crippen LogP contribution is 2.35. The maximum absolute atomic E-state index is 12.7. The van der Waals surface area contributed by atoms with Gasteiger partial charge in [-0.1, -0.05) is 61.5 Å². The lowest BCUT2D eigenvalue weighted by molar-refractivity contribution is -0.111. The molecule has 204 valence electrons. The van der Waals surface area contributed by atoms with Gasteiger partial charge in [-0.25, -0.2) is 4.79 Å². The van der Waals surface area contributed by atoms with Crippen molar-refractivity contribution in [2.75, 3.05) is 24.3 Å². The topological polar surface area (TPSA) is 140 Å². The molecule has 0 aliphatic carbocycles. The molecule has 5 N–H and O–H groups in total. The van der Waals surface area contributed by atoms with Crippen LogP contribution in [0.5, 0.6) is 5.75 Å². The number of carbonyl (C=O) groups excluding carboxylic acids is 3. The highest BCUT2D eigenvalue weighted by molar-refractivity contribution is 6.03. The molecule has 0 saturated heterocycles. The van der Waals surface area contributed by atoms with Crippen LogP contribution in [0.3, 0.4) is 0 Å². The minimum absolute atomic E-state index is 0.0700. The van der Waals surface area contributed by atoms with Gasteiger partial charge in [0, 0.05) is 11.1 Å². The van der Waals surface area contributed by atoms with Gasteiger partial charge in [0.15, 0.2) is 0 Å². The zero-order chi connectivity index (χ0) is 28.0. The maximum atomic E-state index is 12.7. The summed E-state index contributed by atoms with van der Waals surface area (Å²) in [4.78, 5) is 37.5. The van der Waals surface area contributed by atoms with Gasteiger partial charge in [0.2, 0.25) is 5.91 Å². The van der Waals surface area contributed by atoms with Crippen molar-refractivity contribution >= 4 is 29.3 Å². The first-order valence-corrected chi connectivity index (χ1v) is 12.6. The number of nitrogen functional groups attached to an aromatic ring is 1. The number of imide groups is 1. The van der Waals surface area contributed by atoms with E-state index in [0.717, 1.165) is 0 Å². The number of aliphatic hydroxyl groups is 1. The molecule has 9 heteroatoms. The number of allylic oxidation sites excluding steroid dienone is 1. The number of hydrogen-bond donors (Lipinski definition) is 4. The molecule has 0 aromatic heterocycles. The van der Waals surface area contributed by atoms with E-state index in [1.54, 1.807) is 84.9 Å². The molecule has 0 unspecified atom stereocenters. The summed E-state index contributed by atoms with van der Waals surface area (Å²) >= 11 is 0. The SMILES string of the molecule is C[C@H](CC/C=C/C(=O)Nc1ccccc1N)[C@H](OC(=O)NC(=O)c1ccccc1)c1ccccc1OCCO. The van der Waals surface area contributed by atoms with E-state index in [2.05, 4.69) is 10.6 Å². The highest BCUT2D eigenvalue weighted by Gasteiger charge is 2.27. The molecule has 0 bridgehead atoms. The molecule has 0 aliphatic heterocycles. The number of nitrogens with one attached hydrogen (secondary N) is 2. The number of rotatable bonds is 12. The summed E-state index contributed by atoms with van der Waals surface area (Å²) in [5.74, 6) is -0.653. The van der Waals surface area contributed by atoms with Gasteiger partial charge in [-0.15, -0.1) is 0 Å². The Morgan fingerprint density at radius 2 is 1.67 bits per heavy atom. The van der Waals surface area contributed by atoms with E-state index in [0.29, 0.717) is 41.1 Å². The second-order valence-electron chi connectivity index (χ2n) is 8.79. The number of benzene rings is 3. The molecule has 0 fully saturated rings. The molecule has 0 aliphatic rings. The van der Waals surface area contributed by atoms with Crippen molar-refractivity contribution in [1.82, 2.24) is 5.32 Å². The van der Waals surface area contributed by atoms with Crippen LogP contribution in [0.25, 0.3) is 0 Å². The summed E-state index contributed by atoms with van der Waals surface area (Å²) in [5.41, 5.74) is 7.79. The van der Waals surface area contributed by atoms with Crippen LogP contribution in [-0.2, 0) is 9.53 Å². The van der Waals surface area contributed by atoms with Crippen LogP contribution in [0.4, 0.5) is 16.2 Å². The van der Waals surface area contributed by atoms with Crippen LogP contribution in [0.2, 0.25) is 0 Å². The minimum atomic E-state index is -0.895. The first-order valence-electron chi connectivity index (χ1n) is 12.6. The average Bonchev–Trinajstić information content (AvgIpc) is 2.94. The Morgan fingerprint density at radius 3 is 2.41 bits per heavy atom. The minimum Gasteiger partial charge on any atom is -0.491 e. The summed E-state index contributed by atoms with van der Waals surface area (Å²) in [6.07, 6.45) is 2.57. The van der Waals surface area contributed by atoms with Gasteiger partial charge in [-0.05, 0) is 55.2 Å². The van der Waals surface area contributed by atoms with Crippen molar-refractivity contribution in [3.63, 3.8) is 0 Å². The molecule has 3 rings (SSSR count). The van der Waals surface area contributed by atoms with Crippen molar-refractivity contribution in [2.24, 2.45) is 5.92 Å². The number of alkyl carbamates (subject to hydrolysis) is 1. The molecule has 0 heterocycles. The Morgan fingerprint density at radius 1 is 0.974 bits per heavy atom. The van der Waals surface area contributed by atoms with Crippen molar-refractivity contribution in [3.8, 4) is 5.75 Å². The zero-order valence-corrected chi connectivity index (χ0v) is 21.7. The summed E-state index contributed by atoms with van der Waals surface area (Å²) < 4.78 is 11.4. The Kier molecular flexibility index (Phi) is 11.1. The summed E-state index contributed by atoms with van der Waals surface area (Å²) in [7, 11) is 0. The molecule has 3 aromatic rings. The first kappa shape index (κ1) is 28.9. The van der Waals surface area contributed by atoms with Crippen LogP contribution in [0, 0.1) is 5.92 Å². The van der Waals surface area contributed by atoms with E-state index in [1.807, 2.05) is 6.92 Å². The normalized spacial score (nSPS) is 12.4. The third-order valence-corrected chi connectivity index (χ3v) is 5.85. The smallest absolute Gasteiger partial charge is 0.414 e. The van der Waals surface area contributed by atoms with Gasteiger partial charge in [0.05, 0.1) is 18.0 Å². The largest absolute Gasteiger partial charge is 0.491 e. The number of para-hydroxylation sites is 3. The lowest BCUT2D eigenvalue weighted by Crippen LogP contribution is -2.33. The monoisotopic (exact) mass is 531 g/mol. The zero-order valence-electron chi connectivity index (χ0n) is 21.7. The second-order valence-corrected chi connectivity index (χ2v) is 8.79. The van der Waals surface area contributed by atoms with Crippen molar-refractivity contribution in [2.45, 2.75) is 25.9 Å². The Labute approximate surface area is 227 Å². The standard InChI is InChI=1S/C30H33N3O6/c1-21(11-5-10-18-27(35)32-25-16-8-7-15-24(25)31)28(23-14-6-9-17-26(23)38-20-19-34)39-30(37)33-29(36)22-12-3-2-4-13-22/h2-4,6-10,12-18,21,28,34H,5,11,19-20,31H2,1H3,(H,32,35)(H,33,36,37)/b18-10+/t21-,28+/m1/s1. The van der Waals surface area contributed by atoms with Crippen LogP contribution in [0.15, 0.2) is 91.0 Å². The quantitative estimate of drug-likeness (QED) is 0.193. The average molecular weight is 532 g/mol. The molecule has 9 nitrogen and oxygen atoms in total. The summed E-state index contributed by atoms with van der Waals surface area (Å²) in [6, 6.07) is 22.4. The first-order chi connectivity index (χ1) is 18.9. The number of nitrogens with two attached hydrogens (primary N) is 1. The van der Waals surface area contributed by atoms with Crippen LogP contribution < -0.4 is 21.1 Å². The third kappa shape index (κ3) is 9.01. The molecule has 2 atom stereocenters. The van der Waals surface area contributed by atoms with Crippen LogP contribution in [0.1, 0.15) is 41.8 Å². The lowest BCUT2D eigenvalue weighted by Gasteiger charge is -2.26. The predicted molar refractivity (Wildman–Crippen MR) is 149 cm³/mol. The van der Waals surface area contributed by atoms with E-state index in [-0.39, 0.29) is 25.0 Å². The van der Waals surface area contributed by atoms with E-state index >= 15 is 0 Å². The van der Waals surface area contributed by atoms with Gasteiger partial charge >= 0.3 is 6.09 Å². The number of ether oxygens (including phenoxy) is 2. The third-order valence-electron chi connectivity index (χ3n) is 5.85. The number of hydrogen-bond acceptors (Lipinski definition) is 7. The second kappa shape index (κ2) is 14.9. The number of amides is 3. The molecular weight excluding hydrogens is 498 g/mol. The van der Waals surface area contributed by atoms with E-state index < -0.39 is 18.1 Å². The molecule has 39 heavy (non-hydrogen) atoms. The van der Waals surface area contributed by atoms with E-state index in [9.17, 15) is 19.5 Å². The number of aliphatic hydroxyl groups excluding tert-OH is 1. The molecule has 0 radical (unpaired) electrons. The Bertz CT molecular complexity index is 1280. The maximum Gasteiger partial charge on any atom is 0.414 e. The number of anilines is 2. The summed E-state index contributed by atoms with van der Waals surface area (Å²) in [6.45, 7) is 1.79. The van der Waals surface area contributed by atoms with Crippen LogP contribution in [-0.4, -0.2) is 36.2 Å². The molecule has 3 aromatic carbocycles. The molecular formula is C30H33N3O6. The highest BCUT2D eigenvalue weighted by atomic mass is 16.6. The van der Waals surface area contributed by atoms with Gasteiger partial charge in [-0.2, -0.15) is 0 Å². The molecule has 0 spiro atoms. The van der Waals surface area contributed by atoms with Crippen LogP contribution >= 0.6 is 0 Å². The van der Waals surface area contributed by atoms with Gasteiger partial charge in [-0.3, -0.25) is 14.9 Å². The van der Waals surface area contributed by atoms with Gasteiger partial charge in [0.25, 0.3) is 5.91 Å².